The fourth-order valence-corrected chi connectivity index (χ4v) is 3.46. The largest absolute Gasteiger partial charge is 0.302 e. The van der Waals surface area contributed by atoms with Gasteiger partial charge in [-0.2, -0.15) is 0 Å². The third kappa shape index (κ3) is 2.67. The highest BCUT2D eigenvalue weighted by Crippen LogP contribution is 2.37. The number of likely N-dealkylation sites (N-methyl/N-ethyl adjacent to an activating group) is 1. The van der Waals surface area contributed by atoms with E-state index in [0.29, 0.717) is 0 Å². The Morgan fingerprint density at radius 1 is 1.19 bits per heavy atom. The number of benzene rings is 1. The number of nitrogens with one attached hydrogen (secondary N) is 1. The predicted molar refractivity (Wildman–Crippen MR) is 88.8 cm³/mol. The van der Waals surface area contributed by atoms with E-state index in [1.807, 2.05) is 18.3 Å². The van der Waals surface area contributed by atoms with E-state index in [1.165, 1.54) is 5.56 Å². The molecule has 0 spiro atoms. The third-order valence-corrected chi connectivity index (χ3v) is 4.81. The van der Waals surface area contributed by atoms with Crippen LogP contribution in [0.2, 0.25) is 0 Å². The molecule has 1 heterocycles. The topological polar surface area (TPSA) is 54.2 Å². The maximum atomic E-state index is 5.97. The molecule has 0 fully saturated rings. The summed E-state index contributed by atoms with van der Waals surface area (Å²) in [7, 11) is 4.25. The zero-order valence-electron chi connectivity index (χ0n) is 13.4. The molecular weight excluding hydrogens is 260 g/mol. The molecule has 1 aromatic heterocycles. The second kappa shape index (κ2) is 6.52. The maximum Gasteiger partial charge on any atom is 0.0705 e. The zero-order chi connectivity index (χ0) is 15.5. The molecular formula is C17H26N4. The summed E-state index contributed by atoms with van der Waals surface area (Å²) >= 11 is 0. The SMILES string of the molecule is CCC(CC)(C(NN)c1cccc2ncccc12)N(C)C. The molecule has 0 saturated heterocycles. The number of hydrogen-bond acceptors (Lipinski definition) is 4. The highest BCUT2D eigenvalue weighted by molar-refractivity contribution is 5.82. The molecule has 2 aromatic rings. The summed E-state index contributed by atoms with van der Waals surface area (Å²) in [6.07, 6.45) is 3.86. The van der Waals surface area contributed by atoms with Gasteiger partial charge < -0.3 is 4.90 Å². The molecule has 0 aliphatic carbocycles. The molecule has 0 bridgehead atoms. The van der Waals surface area contributed by atoms with Crippen LogP contribution < -0.4 is 11.3 Å². The van der Waals surface area contributed by atoms with Gasteiger partial charge in [-0.25, -0.2) is 0 Å². The van der Waals surface area contributed by atoms with Gasteiger partial charge in [0.1, 0.15) is 0 Å². The van der Waals surface area contributed by atoms with E-state index in [2.05, 4.69) is 61.5 Å². The summed E-state index contributed by atoms with van der Waals surface area (Å²) in [5.74, 6) is 5.97. The molecule has 0 radical (unpaired) electrons. The first-order valence-corrected chi connectivity index (χ1v) is 7.58. The Morgan fingerprint density at radius 2 is 1.90 bits per heavy atom. The Morgan fingerprint density at radius 3 is 2.48 bits per heavy atom. The highest BCUT2D eigenvalue weighted by Gasteiger charge is 2.38. The van der Waals surface area contributed by atoms with E-state index in [1.54, 1.807) is 0 Å². The van der Waals surface area contributed by atoms with E-state index in [9.17, 15) is 0 Å². The van der Waals surface area contributed by atoms with Gasteiger partial charge >= 0.3 is 0 Å². The molecule has 4 nitrogen and oxygen atoms in total. The van der Waals surface area contributed by atoms with Gasteiger partial charge in [0, 0.05) is 17.1 Å². The Labute approximate surface area is 127 Å². The summed E-state index contributed by atoms with van der Waals surface area (Å²) in [5, 5.41) is 1.16. The minimum Gasteiger partial charge on any atom is -0.302 e. The van der Waals surface area contributed by atoms with E-state index in [-0.39, 0.29) is 11.6 Å². The van der Waals surface area contributed by atoms with E-state index < -0.39 is 0 Å². The van der Waals surface area contributed by atoms with Crippen LogP contribution >= 0.6 is 0 Å². The van der Waals surface area contributed by atoms with Crippen LogP contribution in [-0.4, -0.2) is 29.5 Å². The second-order valence-corrected chi connectivity index (χ2v) is 5.72. The van der Waals surface area contributed by atoms with E-state index in [4.69, 9.17) is 5.84 Å². The van der Waals surface area contributed by atoms with Crippen LogP contribution in [-0.2, 0) is 0 Å². The monoisotopic (exact) mass is 286 g/mol. The van der Waals surface area contributed by atoms with Crippen LogP contribution in [0.5, 0.6) is 0 Å². The second-order valence-electron chi connectivity index (χ2n) is 5.72. The van der Waals surface area contributed by atoms with Crippen molar-refractivity contribution >= 4 is 10.9 Å². The van der Waals surface area contributed by atoms with Crippen molar-refractivity contribution in [2.24, 2.45) is 5.84 Å². The van der Waals surface area contributed by atoms with Crippen molar-refractivity contribution in [3.63, 3.8) is 0 Å². The molecule has 114 valence electrons. The standard InChI is InChI=1S/C17H26N4/c1-5-17(6-2,21(3)4)16(20-18)14-9-7-11-15-13(14)10-8-12-19-15/h7-12,16,20H,5-6,18H2,1-4H3. The van der Waals surface area contributed by atoms with Crippen molar-refractivity contribution in [3.8, 4) is 0 Å². The smallest absolute Gasteiger partial charge is 0.0705 e. The Kier molecular flexibility index (Phi) is 4.93. The van der Waals surface area contributed by atoms with Crippen molar-refractivity contribution in [3.05, 3.63) is 42.1 Å². The first kappa shape index (κ1) is 15.9. The lowest BCUT2D eigenvalue weighted by Crippen LogP contribution is -2.54. The number of hydrazine groups is 1. The number of rotatable bonds is 6. The normalized spacial score (nSPS) is 13.8. The Hall–Kier alpha value is -1.49. The van der Waals surface area contributed by atoms with Crippen LogP contribution in [0.15, 0.2) is 36.5 Å². The minimum absolute atomic E-state index is 0.0289. The first-order chi connectivity index (χ1) is 10.1. The molecule has 21 heavy (non-hydrogen) atoms. The Bertz CT molecular complexity index is 585. The van der Waals surface area contributed by atoms with Gasteiger partial charge in [0.05, 0.1) is 11.6 Å². The minimum atomic E-state index is -0.0289. The molecule has 3 N–H and O–H groups in total. The van der Waals surface area contributed by atoms with Gasteiger partial charge in [0.15, 0.2) is 0 Å². The van der Waals surface area contributed by atoms with Crippen LogP contribution in [0.3, 0.4) is 0 Å². The molecule has 0 aliphatic heterocycles. The summed E-state index contributed by atoms with van der Waals surface area (Å²) < 4.78 is 0. The third-order valence-electron chi connectivity index (χ3n) is 4.81. The predicted octanol–water partition coefficient (Wildman–Crippen LogP) is 2.86. The number of nitrogens with zero attached hydrogens (tertiary/aromatic N) is 2. The highest BCUT2D eigenvalue weighted by atomic mass is 15.3. The zero-order valence-corrected chi connectivity index (χ0v) is 13.4. The molecule has 1 atom stereocenters. The molecule has 1 aromatic carbocycles. The van der Waals surface area contributed by atoms with Gasteiger partial charge in [-0.3, -0.25) is 16.3 Å². The number of fused-ring (bicyclic) bond motifs is 1. The van der Waals surface area contributed by atoms with Gasteiger partial charge in [-0.15, -0.1) is 0 Å². The Balaban J connectivity index is 2.63. The van der Waals surface area contributed by atoms with Crippen LogP contribution in [0.25, 0.3) is 10.9 Å². The summed E-state index contributed by atoms with van der Waals surface area (Å²) in [4.78, 5) is 6.74. The number of hydrogen-bond donors (Lipinski definition) is 2. The van der Waals surface area contributed by atoms with Gasteiger partial charge in [-0.1, -0.05) is 32.0 Å². The fraction of sp³-hybridized carbons (Fsp3) is 0.471. The van der Waals surface area contributed by atoms with E-state index in [0.717, 1.165) is 23.7 Å². The molecule has 0 saturated carbocycles. The van der Waals surface area contributed by atoms with Crippen LogP contribution in [0, 0.1) is 0 Å². The molecule has 1 unspecified atom stereocenters. The molecule has 2 rings (SSSR count). The van der Waals surface area contributed by atoms with Crippen molar-refractivity contribution < 1.29 is 0 Å². The average molecular weight is 286 g/mol. The van der Waals surface area contributed by atoms with Crippen molar-refractivity contribution in [2.45, 2.75) is 38.3 Å². The van der Waals surface area contributed by atoms with E-state index >= 15 is 0 Å². The van der Waals surface area contributed by atoms with Crippen molar-refractivity contribution in [2.75, 3.05) is 14.1 Å². The van der Waals surface area contributed by atoms with Crippen LogP contribution in [0.1, 0.15) is 38.3 Å². The van der Waals surface area contributed by atoms with Crippen molar-refractivity contribution in [1.82, 2.24) is 15.3 Å². The van der Waals surface area contributed by atoms with Crippen molar-refractivity contribution in [1.29, 1.82) is 0 Å². The number of nitrogens with two attached hydrogens (primary N) is 1. The van der Waals surface area contributed by atoms with Crippen LogP contribution in [0.4, 0.5) is 0 Å². The summed E-state index contributed by atoms with van der Waals surface area (Å²) in [6, 6.07) is 10.4. The molecule has 0 amide bonds. The van der Waals surface area contributed by atoms with Gasteiger partial charge in [0.2, 0.25) is 0 Å². The summed E-state index contributed by atoms with van der Waals surface area (Å²) in [5.41, 5.74) is 5.25. The lowest BCUT2D eigenvalue weighted by molar-refractivity contribution is 0.0888. The fourth-order valence-electron chi connectivity index (χ4n) is 3.46. The maximum absolute atomic E-state index is 5.97. The number of aromatic nitrogens is 1. The van der Waals surface area contributed by atoms with Gasteiger partial charge in [0.25, 0.3) is 0 Å². The quantitative estimate of drug-likeness (QED) is 0.633. The lowest BCUT2D eigenvalue weighted by Gasteiger charge is -2.45. The lowest BCUT2D eigenvalue weighted by atomic mass is 9.79. The van der Waals surface area contributed by atoms with Gasteiger partial charge in [-0.05, 0) is 44.6 Å². The summed E-state index contributed by atoms with van der Waals surface area (Å²) in [6.45, 7) is 4.44. The number of pyridine rings is 1. The average Bonchev–Trinajstić information content (AvgIpc) is 2.52. The molecule has 0 aliphatic rings. The molecule has 4 heteroatoms. The first-order valence-electron chi connectivity index (χ1n) is 7.58.